The van der Waals surface area contributed by atoms with E-state index in [2.05, 4.69) is 20.2 Å². The summed E-state index contributed by atoms with van der Waals surface area (Å²) in [6, 6.07) is 0. The molecule has 0 aliphatic carbocycles. The minimum atomic E-state index is 0.847. The maximum absolute atomic E-state index is 4.05. The summed E-state index contributed by atoms with van der Waals surface area (Å²) in [5, 5.41) is 8.11. The minimum absolute atomic E-state index is 0.847. The smallest absolute Gasteiger partial charge is 0.157 e. The average molecular weight is 190 g/mol. The molecule has 0 amide bonds. The molecule has 0 atom stereocenters. The Labute approximate surface area is 80.9 Å². The third-order valence-corrected chi connectivity index (χ3v) is 1.72. The predicted octanol–water partition coefficient (Wildman–Crippen LogP) is 0.444. The largest absolute Gasteiger partial charge is 0.223 e. The second-order valence-corrected chi connectivity index (χ2v) is 3.00. The second-order valence-electron chi connectivity index (χ2n) is 3.00. The molecule has 6 heteroatoms. The zero-order valence-corrected chi connectivity index (χ0v) is 7.99. The van der Waals surface area contributed by atoms with E-state index in [-0.39, 0.29) is 0 Å². The van der Waals surface area contributed by atoms with Gasteiger partial charge in [0, 0.05) is 0 Å². The SMILES string of the molecule is CC(C)=C(n1cncn1)n1cncn1. The van der Waals surface area contributed by atoms with E-state index in [4.69, 9.17) is 0 Å². The minimum Gasteiger partial charge on any atom is -0.223 e. The topological polar surface area (TPSA) is 61.4 Å². The first-order valence-electron chi connectivity index (χ1n) is 4.16. The van der Waals surface area contributed by atoms with E-state index < -0.39 is 0 Å². The van der Waals surface area contributed by atoms with Crippen LogP contribution in [0.25, 0.3) is 0 Å². The maximum atomic E-state index is 4.05. The van der Waals surface area contributed by atoms with E-state index in [9.17, 15) is 0 Å². The Kier molecular flexibility index (Phi) is 2.10. The van der Waals surface area contributed by atoms with Crippen molar-refractivity contribution < 1.29 is 0 Å². The molecule has 2 heterocycles. The number of hydrogen-bond acceptors (Lipinski definition) is 4. The van der Waals surface area contributed by atoms with Gasteiger partial charge in [0.1, 0.15) is 25.3 Å². The molecule has 0 radical (unpaired) electrons. The van der Waals surface area contributed by atoms with Gasteiger partial charge in [0.25, 0.3) is 0 Å². The lowest BCUT2D eigenvalue weighted by Crippen LogP contribution is -2.14. The summed E-state index contributed by atoms with van der Waals surface area (Å²) in [5.41, 5.74) is 1.08. The van der Waals surface area contributed by atoms with Crippen molar-refractivity contribution in [2.75, 3.05) is 0 Å². The highest BCUT2D eigenvalue weighted by atomic mass is 15.5. The van der Waals surface area contributed by atoms with Crippen LogP contribution in [0.15, 0.2) is 30.9 Å². The Bertz CT molecular complexity index is 384. The molecule has 0 aromatic carbocycles. The Hall–Kier alpha value is -1.98. The Balaban J connectivity index is 2.52. The Morgan fingerprint density at radius 1 is 0.929 bits per heavy atom. The van der Waals surface area contributed by atoms with Crippen LogP contribution in [-0.2, 0) is 0 Å². The first kappa shape index (κ1) is 8.61. The molecule has 72 valence electrons. The number of nitrogens with zero attached hydrogens (tertiary/aromatic N) is 6. The fourth-order valence-electron chi connectivity index (χ4n) is 1.20. The lowest BCUT2D eigenvalue weighted by molar-refractivity contribution is 0.611. The number of rotatable bonds is 2. The van der Waals surface area contributed by atoms with Gasteiger partial charge in [0.05, 0.1) is 0 Å². The molecule has 0 N–H and O–H groups in total. The third kappa shape index (κ3) is 1.41. The van der Waals surface area contributed by atoms with Crippen LogP contribution in [0.5, 0.6) is 0 Å². The molecule has 0 saturated carbocycles. The normalized spacial score (nSPS) is 10.1. The van der Waals surface area contributed by atoms with Gasteiger partial charge in [-0.25, -0.2) is 19.3 Å². The quantitative estimate of drug-likeness (QED) is 0.689. The summed E-state index contributed by atoms with van der Waals surface area (Å²) in [6.07, 6.45) is 6.23. The van der Waals surface area contributed by atoms with E-state index in [1.807, 2.05) is 13.8 Å². The van der Waals surface area contributed by atoms with E-state index in [0.717, 1.165) is 11.4 Å². The molecule has 2 aromatic heterocycles. The van der Waals surface area contributed by atoms with Crippen molar-refractivity contribution in [2.45, 2.75) is 13.8 Å². The van der Waals surface area contributed by atoms with Crippen molar-refractivity contribution in [3.05, 3.63) is 36.7 Å². The van der Waals surface area contributed by atoms with E-state index in [1.165, 1.54) is 12.7 Å². The van der Waals surface area contributed by atoms with Crippen LogP contribution in [0.1, 0.15) is 13.8 Å². The Morgan fingerprint density at radius 3 is 1.71 bits per heavy atom. The monoisotopic (exact) mass is 190 g/mol. The molecule has 14 heavy (non-hydrogen) atoms. The highest BCUT2D eigenvalue weighted by molar-refractivity contribution is 5.00. The van der Waals surface area contributed by atoms with Crippen LogP contribution >= 0.6 is 0 Å². The number of aromatic nitrogens is 6. The third-order valence-electron chi connectivity index (χ3n) is 1.72. The standard InChI is InChI=1S/C8H10N6/c1-7(2)8(13-5-9-3-11-13)14-6-10-4-12-14/h3-6H,1-2H3. The van der Waals surface area contributed by atoms with Crippen molar-refractivity contribution in [2.24, 2.45) is 0 Å². The summed E-state index contributed by atoms with van der Waals surface area (Å²) in [5.74, 6) is 0.847. The molecule has 2 rings (SSSR count). The lowest BCUT2D eigenvalue weighted by atomic mass is 10.3. The van der Waals surface area contributed by atoms with Crippen LogP contribution in [0.2, 0.25) is 0 Å². The highest BCUT2D eigenvalue weighted by Crippen LogP contribution is 2.04. The summed E-state index contributed by atoms with van der Waals surface area (Å²) < 4.78 is 3.31. The molecular formula is C8H10N6. The van der Waals surface area contributed by atoms with Gasteiger partial charge < -0.3 is 0 Å². The average Bonchev–Trinajstić information content (AvgIpc) is 2.75. The zero-order valence-electron chi connectivity index (χ0n) is 7.99. The molecule has 0 aliphatic rings. The summed E-state index contributed by atoms with van der Waals surface area (Å²) >= 11 is 0. The van der Waals surface area contributed by atoms with Gasteiger partial charge in [-0.05, 0) is 19.4 Å². The van der Waals surface area contributed by atoms with Gasteiger partial charge in [0.2, 0.25) is 0 Å². The van der Waals surface area contributed by atoms with Gasteiger partial charge in [-0.2, -0.15) is 10.2 Å². The van der Waals surface area contributed by atoms with Gasteiger partial charge >= 0.3 is 0 Å². The van der Waals surface area contributed by atoms with Crippen LogP contribution in [-0.4, -0.2) is 29.5 Å². The van der Waals surface area contributed by atoms with E-state index in [1.54, 1.807) is 22.0 Å². The fraction of sp³-hybridized carbons (Fsp3) is 0.250. The maximum Gasteiger partial charge on any atom is 0.157 e. The van der Waals surface area contributed by atoms with Crippen molar-refractivity contribution in [3.8, 4) is 0 Å². The van der Waals surface area contributed by atoms with E-state index in [0.29, 0.717) is 0 Å². The van der Waals surface area contributed by atoms with Crippen LogP contribution in [0, 0.1) is 5.82 Å². The summed E-state index contributed by atoms with van der Waals surface area (Å²) in [6.45, 7) is 3.97. The molecule has 6 nitrogen and oxygen atoms in total. The van der Waals surface area contributed by atoms with Crippen LogP contribution in [0.3, 0.4) is 0 Å². The molecular weight excluding hydrogens is 180 g/mol. The summed E-state index contributed by atoms with van der Waals surface area (Å²) in [4.78, 5) is 7.78. The lowest BCUT2D eigenvalue weighted by Gasteiger charge is -2.07. The van der Waals surface area contributed by atoms with Crippen molar-refractivity contribution in [1.82, 2.24) is 29.5 Å². The molecule has 0 unspecified atom stereocenters. The first-order chi connectivity index (χ1) is 6.79. The Morgan fingerprint density at radius 2 is 1.43 bits per heavy atom. The number of hydrogen-bond donors (Lipinski definition) is 0. The van der Waals surface area contributed by atoms with Crippen molar-refractivity contribution >= 4 is 0 Å². The van der Waals surface area contributed by atoms with Gasteiger partial charge in [-0.1, -0.05) is 0 Å². The molecule has 0 saturated heterocycles. The van der Waals surface area contributed by atoms with E-state index >= 15 is 0 Å². The van der Waals surface area contributed by atoms with Crippen LogP contribution < -0.4 is 0 Å². The molecule has 0 fully saturated rings. The molecule has 2 aromatic rings. The molecule has 0 aliphatic heterocycles. The zero-order chi connectivity index (χ0) is 9.97. The molecule has 0 spiro atoms. The molecule has 0 bridgehead atoms. The van der Waals surface area contributed by atoms with Gasteiger partial charge in [-0.3, -0.25) is 0 Å². The second kappa shape index (κ2) is 3.41. The highest BCUT2D eigenvalue weighted by Gasteiger charge is 2.06. The van der Waals surface area contributed by atoms with Gasteiger partial charge in [-0.15, -0.1) is 0 Å². The first-order valence-corrected chi connectivity index (χ1v) is 4.16. The number of allylic oxidation sites excluding steroid dienone is 1. The van der Waals surface area contributed by atoms with Crippen molar-refractivity contribution in [3.63, 3.8) is 0 Å². The van der Waals surface area contributed by atoms with Crippen LogP contribution in [0.4, 0.5) is 0 Å². The fourth-order valence-corrected chi connectivity index (χ4v) is 1.20. The van der Waals surface area contributed by atoms with Gasteiger partial charge in [0.15, 0.2) is 5.82 Å². The van der Waals surface area contributed by atoms with Crippen molar-refractivity contribution in [1.29, 1.82) is 0 Å². The predicted molar refractivity (Wildman–Crippen MR) is 48.9 cm³/mol. The summed E-state index contributed by atoms with van der Waals surface area (Å²) in [7, 11) is 0.